The molecule has 0 aromatic heterocycles. The highest BCUT2D eigenvalue weighted by Crippen LogP contribution is 2.37. The fraction of sp³-hybridized carbons (Fsp3) is 0.818. The second-order valence-electron chi connectivity index (χ2n) is 3.91. The lowest BCUT2D eigenvalue weighted by atomic mass is 10.00. The Balaban J connectivity index is 3.25. The molecule has 1 aliphatic rings. The third-order valence-electron chi connectivity index (χ3n) is 3.25. The molecule has 0 radical (unpaired) electrons. The van der Waals surface area contributed by atoms with Crippen LogP contribution in [0.2, 0.25) is 0 Å². The van der Waals surface area contributed by atoms with Gasteiger partial charge in [0, 0.05) is 28.4 Å². The van der Waals surface area contributed by atoms with Gasteiger partial charge in [-0.1, -0.05) is 0 Å². The lowest BCUT2D eigenvalue weighted by molar-refractivity contribution is -0.281. The summed E-state index contributed by atoms with van der Waals surface area (Å²) in [7, 11) is 5.67. The first-order valence-electron chi connectivity index (χ1n) is 5.58. The molecule has 0 unspecified atom stereocenters. The lowest BCUT2D eigenvalue weighted by Crippen LogP contribution is -2.60. The molecule has 1 fully saturated rings. The molecule has 20 heavy (non-hydrogen) atoms. The van der Waals surface area contributed by atoms with Gasteiger partial charge in [0.2, 0.25) is 0 Å². The normalized spacial score (nSPS) is 25.4. The smallest absolute Gasteiger partial charge is 0.370 e. The largest absolute Gasteiger partial charge is 0.465 e. The average Bonchev–Trinajstić information content (AvgIpc) is 2.73. The van der Waals surface area contributed by atoms with E-state index in [4.69, 9.17) is 23.7 Å². The van der Waals surface area contributed by atoms with Crippen molar-refractivity contribution in [2.45, 2.75) is 23.8 Å². The van der Waals surface area contributed by atoms with Gasteiger partial charge in [-0.2, -0.15) is 0 Å². The number of hydrogen-bond donors (Lipinski definition) is 1. The number of ether oxygens (including phenoxy) is 6. The second kappa shape index (κ2) is 6.02. The van der Waals surface area contributed by atoms with Crippen LogP contribution in [0.5, 0.6) is 0 Å². The van der Waals surface area contributed by atoms with Crippen LogP contribution in [0.1, 0.15) is 0 Å². The summed E-state index contributed by atoms with van der Waals surface area (Å²) in [5.41, 5.74) is 0. The van der Waals surface area contributed by atoms with E-state index in [0.717, 1.165) is 35.5 Å². The van der Waals surface area contributed by atoms with Crippen molar-refractivity contribution in [2.75, 3.05) is 35.5 Å². The molecule has 0 amide bonds. The standard InChI is InChI=1S/C11H18O9/c1-15-8(13)11(18-4,19-5)7-6(12)10(16-2,17-3)9(14)20-7/h6-7,12H,1-5H3/t6-,7-/m0/s1. The van der Waals surface area contributed by atoms with E-state index in [1.165, 1.54) is 0 Å². The molecular weight excluding hydrogens is 276 g/mol. The number of carbonyl (C=O) groups is 2. The van der Waals surface area contributed by atoms with Crippen LogP contribution in [0, 0.1) is 0 Å². The van der Waals surface area contributed by atoms with Crippen LogP contribution in [-0.4, -0.2) is 76.4 Å². The lowest BCUT2D eigenvalue weighted by Gasteiger charge is -2.34. The number of esters is 2. The summed E-state index contributed by atoms with van der Waals surface area (Å²) in [6, 6.07) is 0. The molecule has 1 saturated heterocycles. The van der Waals surface area contributed by atoms with Gasteiger partial charge in [-0.15, -0.1) is 0 Å². The quantitative estimate of drug-likeness (QED) is 0.458. The van der Waals surface area contributed by atoms with E-state index in [2.05, 4.69) is 4.74 Å². The van der Waals surface area contributed by atoms with Gasteiger partial charge in [0.05, 0.1) is 7.11 Å². The van der Waals surface area contributed by atoms with E-state index in [0.29, 0.717) is 0 Å². The molecule has 9 heteroatoms. The molecule has 0 aromatic rings. The zero-order chi connectivity index (χ0) is 15.6. The predicted molar refractivity (Wildman–Crippen MR) is 61.4 cm³/mol. The predicted octanol–water partition coefficient (Wildman–Crippen LogP) is -1.58. The molecular formula is C11H18O9. The number of carbonyl (C=O) groups excluding carboxylic acids is 2. The van der Waals surface area contributed by atoms with Crippen LogP contribution >= 0.6 is 0 Å². The Morgan fingerprint density at radius 1 is 1.20 bits per heavy atom. The molecule has 9 nitrogen and oxygen atoms in total. The molecule has 0 saturated carbocycles. The highest BCUT2D eigenvalue weighted by Gasteiger charge is 2.68. The molecule has 116 valence electrons. The summed E-state index contributed by atoms with van der Waals surface area (Å²) in [5.74, 6) is -6.20. The molecule has 0 aromatic carbocycles. The van der Waals surface area contributed by atoms with Crippen molar-refractivity contribution in [3.8, 4) is 0 Å². The fourth-order valence-corrected chi connectivity index (χ4v) is 2.10. The topological polar surface area (TPSA) is 110 Å². The van der Waals surface area contributed by atoms with E-state index < -0.39 is 35.7 Å². The minimum atomic E-state index is -2.14. The van der Waals surface area contributed by atoms with Gasteiger partial charge in [-0.25, -0.2) is 9.59 Å². The number of aliphatic hydroxyl groups excluding tert-OH is 1. The van der Waals surface area contributed by atoms with E-state index in [1.54, 1.807) is 0 Å². The summed E-state index contributed by atoms with van der Waals surface area (Å²) >= 11 is 0. The van der Waals surface area contributed by atoms with Crippen molar-refractivity contribution < 1.29 is 43.1 Å². The van der Waals surface area contributed by atoms with Crippen LogP contribution in [-0.2, 0) is 38.0 Å². The Morgan fingerprint density at radius 3 is 2.00 bits per heavy atom. The summed E-state index contributed by atoms with van der Waals surface area (Å²) in [4.78, 5) is 23.7. The van der Waals surface area contributed by atoms with Crippen LogP contribution in [0.4, 0.5) is 0 Å². The zero-order valence-electron chi connectivity index (χ0n) is 11.9. The van der Waals surface area contributed by atoms with Gasteiger partial charge < -0.3 is 33.5 Å². The van der Waals surface area contributed by atoms with Crippen LogP contribution in [0.3, 0.4) is 0 Å². The second-order valence-corrected chi connectivity index (χ2v) is 3.91. The highest BCUT2D eigenvalue weighted by molar-refractivity contribution is 5.85. The number of hydrogen-bond acceptors (Lipinski definition) is 9. The van der Waals surface area contributed by atoms with E-state index in [1.807, 2.05) is 0 Å². The minimum Gasteiger partial charge on any atom is -0.465 e. The van der Waals surface area contributed by atoms with Crippen molar-refractivity contribution in [2.24, 2.45) is 0 Å². The van der Waals surface area contributed by atoms with Crippen LogP contribution in [0.25, 0.3) is 0 Å². The number of rotatable bonds is 6. The van der Waals surface area contributed by atoms with Gasteiger partial charge in [0.25, 0.3) is 5.79 Å². The molecule has 1 N–H and O–H groups in total. The molecule has 0 aliphatic carbocycles. The third kappa shape index (κ3) is 2.07. The van der Waals surface area contributed by atoms with Crippen molar-refractivity contribution in [1.29, 1.82) is 0 Å². The van der Waals surface area contributed by atoms with Crippen LogP contribution < -0.4 is 0 Å². The van der Waals surface area contributed by atoms with Gasteiger partial charge in [-0.05, 0) is 0 Å². The summed E-state index contributed by atoms with van der Waals surface area (Å²) in [6.07, 6.45) is -3.21. The number of cyclic esters (lactones) is 1. The Hall–Kier alpha value is -1.26. The highest BCUT2D eigenvalue weighted by atomic mass is 16.8. The van der Waals surface area contributed by atoms with Crippen LogP contribution in [0.15, 0.2) is 0 Å². The van der Waals surface area contributed by atoms with Gasteiger partial charge in [0.15, 0.2) is 12.2 Å². The van der Waals surface area contributed by atoms with Crippen molar-refractivity contribution in [3.05, 3.63) is 0 Å². The van der Waals surface area contributed by atoms with E-state index in [-0.39, 0.29) is 0 Å². The van der Waals surface area contributed by atoms with Crippen molar-refractivity contribution in [3.63, 3.8) is 0 Å². The molecule has 2 atom stereocenters. The molecule has 1 aliphatic heterocycles. The fourth-order valence-electron chi connectivity index (χ4n) is 2.10. The third-order valence-corrected chi connectivity index (χ3v) is 3.25. The Morgan fingerprint density at radius 2 is 1.70 bits per heavy atom. The maximum Gasteiger partial charge on any atom is 0.370 e. The van der Waals surface area contributed by atoms with Gasteiger partial charge in [-0.3, -0.25) is 0 Å². The summed E-state index contributed by atoms with van der Waals surface area (Å²) in [6.45, 7) is 0. The summed E-state index contributed by atoms with van der Waals surface area (Å²) < 4.78 is 29.2. The van der Waals surface area contributed by atoms with Crippen molar-refractivity contribution in [1.82, 2.24) is 0 Å². The first-order valence-corrected chi connectivity index (χ1v) is 5.58. The Labute approximate surface area is 115 Å². The molecule has 0 spiro atoms. The first kappa shape index (κ1) is 16.8. The zero-order valence-corrected chi connectivity index (χ0v) is 11.9. The molecule has 1 heterocycles. The SMILES string of the molecule is COC(=O)C(OC)(OC)[C@H]1OC(=O)C(OC)(OC)[C@H]1O. The summed E-state index contributed by atoms with van der Waals surface area (Å²) in [5, 5.41) is 10.2. The van der Waals surface area contributed by atoms with E-state index >= 15 is 0 Å². The van der Waals surface area contributed by atoms with Crippen molar-refractivity contribution >= 4 is 11.9 Å². The monoisotopic (exact) mass is 294 g/mol. The maximum absolute atomic E-state index is 11.9. The van der Waals surface area contributed by atoms with Gasteiger partial charge in [0.1, 0.15) is 0 Å². The van der Waals surface area contributed by atoms with E-state index in [9.17, 15) is 14.7 Å². The average molecular weight is 294 g/mol. The molecule has 1 rings (SSSR count). The number of aliphatic hydroxyl groups is 1. The Kier molecular flexibility index (Phi) is 5.05. The number of methoxy groups -OCH3 is 5. The first-order chi connectivity index (χ1) is 9.39. The Bertz CT molecular complexity index is 372. The van der Waals surface area contributed by atoms with Gasteiger partial charge >= 0.3 is 17.7 Å². The minimum absolute atomic E-state index is 0.984. The maximum atomic E-state index is 11.9. The molecule has 0 bridgehead atoms.